The number of aryl methyl sites for hydroxylation is 2. The summed E-state index contributed by atoms with van der Waals surface area (Å²) in [6, 6.07) is 19.5. The van der Waals surface area contributed by atoms with Crippen LogP contribution in [0.3, 0.4) is 0 Å². The molecule has 0 aliphatic heterocycles. The second-order valence-electron chi connectivity index (χ2n) is 13.3. The Bertz CT molecular complexity index is 830. The average Bonchev–Trinajstić information content (AvgIpc) is 2.90. The van der Waals surface area contributed by atoms with E-state index in [9.17, 15) is 0 Å². The van der Waals surface area contributed by atoms with E-state index in [0.717, 1.165) is 11.8 Å². The van der Waals surface area contributed by atoms with Crippen LogP contribution in [0.4, 0.5) is 0 Å². The van der Waals surface area contributed by atoms with E-state index in [0.29, 0.717) is 10.8 Å². The molecular formula is C36H52. The van der Waals surface area contributed by atoms with Gasteiger partial charge in [-0.05, 0) is 135 Å². The minimum absolute atomic E-state index is 0.712. The molecule has 2 spiro atoms. The fourth-order valence-corrected chi connectivity index (χ4v) is 8.44. The molecule has 0 aromatic heterocycles. The van der Waals surface area contributed by atoms with E-state index in [1.807, 2.05) is 0 Å². The van der Waals surface area contributed by atoms with Crippen molar-refractivity contribution in [2.75, 3.05) is 0 Å². The van der Waals surface area contributed by atoms with Gasteiger partial charge in [-0.2, -0.15) is 0 Å². The van der Waals surface area contributed by atoms with E-state index in [-0.39, 0.29) is 0 Å². The fourth-order valence-electron chi connectivity index (χ4n) is 8.44. The van der Waals surface area contributed by atoms with E-state index in [1.165, 1.54) is 103 Å². The van der Waals surface area contributed by atoms with Crippen LogP contribution >= 0.6 is 0 Å². The maximum absolute atomic E-state index is 2.46. The van der Waals surface area contributed by atoms with Crippen LogP contribution < -0.4 is 0 Å². The van der Waals surface area contributed by atoms with Gasteiger partial charge >= 0.3 is 0 Å². The molecule has 5 rings (SSSR count). The summed E-state index contributed by atoms with van der Waals surface area (Å²) in [6.07, 6.45) is 25.3. The van der Waals surface area contributed by atoms with Crippen LogP contribution in [0.2, 0.25) is 0 Å². The van der Waals surface area contributed by atoms with Crippen LogP contribution in [0, 0.1) is 10.8 Å². The van der Waals surface area contributed by atoms with Crippen LogP contribution in [0.1, 0.15) is 151 Å². The normalized spacial score (nSPS) is 29.9. The number of rotatable bonds is 10. The van der Waals surface area contributed by atoms with Crippen LogP contribution in [-0.2, 0) is 12.8 Å². The zero-order valence-electron chi connectivity index (χ0n) is 23.5. The summed E-state index contributed by atoms with van der Waals surface area (Å²) in [5.74, 6) is 1.63. The second-order valence-corrected chi connectivity index (χ2v) is 13.3. The molecule has 3 aliphatic rings. The Morgan fingerprint density at radius 3 is 1.22 bits per heavy atom. The Kier molecular flexibility index (Phi) is 8.60. The molecule has 0 N–H and O–H groups in total. The van der Waals surface area contributed by atoms with Crippen molar-refractivity contribution in [1.82, 2.24) is 0 Å². The topological polar surface area (TPSA) is 0 Å². The van der Waals surface area contributed by atoms with Crippen LogP contribution in [0.25, 0.3) is 0 Å². The molecule has 0 saturated heterocycles. The van der Waals surface area contributed by atoms with Crippen molar-refractivity contribution in [1.29, 1.82) is 0 Å². The first-order valence-electron chi connectivity index (χ1n) is 15.8. The molecular weight excluding hydrogens is 432 g/mol. The first-order chi connectivity index (χ1) is 17.6. The molecule has 3 aliphatic carbocycles. The molecule has 3 fully saturated rings. The quantitative estimate of drug-likeness (QED) is 0.294. The molecule has 0 heteroatoms. The SMILES string of the molecule is CCCCCc1ccc(C2CCC3(CC2)CC2(CCC(c4ccc(CCCCC)cc4)CC2)C3)cc1. The molecule has 196 valence electrons. The van der Waals surface area contributed by atoms with Crippen LogP contribution in [0.15, 0.2) is 48.5 Å². The summed E-state index contributed by atoms with van der Waals surface area (Å²) in [6.45, 7) is 4.59. The fraction of sp³-hybridized carbons (Fsp3) is 0.667. The average molecular weight is 485 g/mol. The zero-order valence-corrected chi connectivity index (χ0v) is 23.5. The second kappa shape index (κ2) is 11.9. The molecule has 0 atom stereocenters. The monoisotopic (exact) mass is 484 g/mol. The lowest BCUT2D eigenvalue weighted by Gasteiger charge is -2.61. The molecule has 36 heavy (non-hydrogen) atoms. The summed E-state index contributed by atoms with van der Waals surface area (Å²) in [5.41, 5.74) is 7.75. The van der Waals surface area contributed by atoms with Gasteiger partial charge in [0.15, 0.2) is 0 Å². The third-order valence-corrected chi connectivity index (χ3v) is 10.6. The van der Waals surface area contributed by atoms with E-state index in [2.05, 4.69) is 62.4 Å². The minimum Gasteiger partial charge on any atom is -0.0654 e. The first kappa shape index (κ1) is 26.1. The molecule has 0 heterocycles. The predicted molar refractivity (Wildman–Crippen MR) is 156 cm³/mol. The van der Waals surface area contributed by atoms with Crippen molar-refractivity contribution >= 4 is 0 Å². The molecule has 3 saturated carbocycles. The Balaban J connectivity index is 1.06. The van der Waals surface area contributed by atoms with Gasteiger partial charge in [-0.3, -0.25) is 0 Å². The van der Waals surface area contributed by atoms with Gasteiger partial charge in [-0.15, -0.1) is 0 Å². The third kappa shape index (κ3) is 6.11. The van der Waals surface area contributed by atoms with Crippen LogP contribution in [-0.4, -0.2) is 0 Å². The smallest absolute Gasteiger partial charge is 0.0162 e. The van der Waals surface area contributed by atoms with Gasteiger partial charge in [-0.25, -0.2) is 0 Å². The number of hydrogen-bond donors (Lipinski definition) is 0. The summed E-state index contributed by atoms with van der Waals surface area (Å²) >= 11 is 0. The number of unbranched alkanes of at least 4 members (excludes halogenated alkanes) is 4. The highest BCUT2D eigenvalue weighted by Crippen LogP contribution is 2.67. The van der Waals surface area contributed by atoms with Crippen molar-refractivity contribution in [3.8, 4) is 0 Å². The standard InChI is InChI=1S/C36H52/c1-3-5-7-9-29-11-15-31(16-12-29)33-19-23-35(24-20-33)27-36(28-35)25-21-34(22-26-36)32-17-13-30(14-18-32)10-8-6-4-2/h11-18,33-34H,3-10,19-28H2,1-2H3. The zero-order chi connectivity index (χ0) is 24.8. The summed E-state index contributed by atoms with van der Waals surface area (Å²) < 4.78 is 0. The molecule has 0 amide bonds. The largest absolute Gasteiger partial charge is 0.0654 e. The van der Waals surface area contributed by atoms with E-state index in [4.69, 9.17) is 0 Å². The van der Waals surface area contributed by atoms with Crippen molar-refractivity contribution < 1.29 is 0 Å². The van der Waals surface area contributed by atoms with Gasteiger partial charge in [0, 0.05) is 0 Å². The third-order valence-electron chi connectivity index (χ3n) is 10.6. The Hall–Kier alpha value is -1.56. The summed E-state index contributed by atoms with van der Waals surface area (Å²) in [7, 11) is 0. The lowest BCUT2D eigenvalue weighted by atomic mass is 9.44. The van der Waals surface area contributed by atoms with Crippen molar-refractivity contribution in [3.05, 3.63) is 70.8 Å². The molecule has 0 unspecified atom stereocenters. The Morgan fingerprint density at radius 2 is 0.889 bits per heavy atom. The maximum Gasteiger partial charge on any atom is -0.0162 e. The van der Waals surface area contributed by atoms with Gasteiger partial charge in [0.1, 0.15) is 0 Å². The highest BCUT2D eigenvalue weighted by Gasteiger charge is 2.55. The van der Waals surface area contributed by atoms with Gasteiger partial charge in [0.25, 0.3) is 0 Å². The molecule has 0 nitrogen and oxygen atoms in total. The van der Waals surface area contributed by atoms with Gasteiger partial charge in [0.2, 0.25) is 0 Å². The molecule has 2 aromatic rings. The lowest BCUT2D eigenvalue weighted by molar-refractivity contribution is -0.0925. The molecule has 2 aromatic carbocycles. The summed E-state index contributed by atoms with van der Waals surface area (Å²) in [5, 5.41) is 0. The number of benzene rings is 2. The Labute approximate surface area is 222 Å². The predicted octanol–water partition coefficient (Wildman–Crippen LogP) is 10.9. The Morgan fingerprint density at radius 1 is 0.528 bits per heavy atom. The molecule has 0 radical (unpaired) electrons. The van der Waals surface area contributed by atoms with Gasteiger partial charge in [0.05, 0.1) is 0 Å². The van der Waals surface area contributed by atoms with Crippen molar-refractivity contribution in [3.63, 3.8) is 0 Å². The van der Waals surface area contributed by atoms with E-state index in [1.54, 1.807) is 35.1 Å². The first-order valence-corrected chi connectivity index (χ1v) is 15.8. The highest BCUT2D eigenvalue weighted by molar-refractivity contribution is 5.28. The highest BCUT2D eigenvalue weighted by atomic mass is 14.6. The van der Waals surface area contributed by atoms with Crippen molar-refractivity contribution in [2.45, 2.75) is 141 Å². The van der Waals surface area contributed by atoms with Crippen molar-refractivity contribution in [2.24, 2.45) is 10.8 Å². The lowest BCUT2D eigenvalue weighted by Crippen LogP contribution is -2.49. The van der Waals surface area contributed by atoms with E-state index >= 15 is 0 Å². The van der Waals surface area contributed by atoms with E-state index < -0.39 is 0 Å². The maximum atomic E-state index is 2.46. The number of hydrogen-bond acceptors (Lipinski definition) is 0. The minimum atomic E-state index is 0.712. The van der Waals surface area contributed by atoms with Gasteiger partial charge in [-0.1, -0.05) is 88.1 Å². The van der Waals surface area contributed by atoms with Gasteiger partial charge < -0.3 is 0 Å². The molecule has 0 bridgehead atoms. The van der Waals surface area contributed by atoms with Crippen LogP contribution in [0.5, 0.6) is 0 Å². The summed E-state index contributed by atoms with van der Waals surface area (Å²) in [4.78, 5) is 0.